The lowest BCUT2D eigenvalue weighted by atomic mass is 9.88. The fraction of sp³-hybridized carbons (Fsp3) is 0.786. The van der Waals surface area contributed by atoms with Gasteiger partial charge in [-0.3, -0.25) is 4.79 Å². The van der Waals surface area contributed by atoms with E-state index in [2.05, 4.69) is 5.32 Å². The van der Waals surface area contributed by atoms with Gasteiger partial charge in [0.2, 0.25) is 5.91 Å². The van der Waals surface area contributed by atoms with Crippen molar-refractivity contribution in [2.45, 2.75) is 70.6 Å². The zero-order valence-electron chi connectivity index (χ0n) is 12.4. The van der Waals surface area contributed by atoms with Crippen molar-refractivity contribution in [3.8, 4) is 0 Å². The summed E-state index contributed by atoms with van der Waals surface area (Å²) < 4.78 is 5.96. The third-order valence-electron chi connectivity index (χ3n) is 3.63. The van der Waals surface area contributed by atoms with Crippen molar-refractivity contribution in [2.75, 3.05) is 0 Å². The van der Waals surface area contributed by atoms with Crippen LogP contribution in [0, 0.1) is 0 Å². The Bertz CT molecular complexity index is 353. The van der Waals surface area contributed by atoms with Crippen LogP contribution < -0.4 is 11.1 Å². The number of hydrogen-bond acceptors (Lipinski definition) is 5. The molecule has 5 N–H and O–H groups in total. The second-order valence-corrected chi connectivity index (χ2v) is 5.25. The Balaban J connectivity index is 2.93. The van der Waals surface area contributed by atoms with Gasteiger partial charge in [-0.25, -0.2) is 0 Å². The van der Waals surface area contributed by atoms with Crippen LogP contribution in [0.5, 0.6) is 0 Å². The summed E-state index contributed by atoms with van der Waals surface area (Å²) in [6.45, 7) is 5.48. The van der Waals surface area contributed by atoms with Crippen LogP contribution in [0.2, 0.25) is 0 Å². The van der Waals surface area contributed by atoms with E-state index in [0.29, 0.717) is 12.0 Å². The smallest absolute Gasteiger partial charge is 0.217 e. The van der Waals surface area contributed by atoms with Crippen molar-refractivity contribution in [3.63, 3.8) is 0 Å². The number of rotatable bonds is 6. The number of carbonyl (C=O) groups excluding carboxylic acids is 1. The van der Waals surface area contributed by atoms with Gasteiger partial charge in [0.05, 0.1) is 18.2 Å². The molecule has 0 aromatic rings. The predicted octanol–water partition coefficient (Wildman–Crippen LogP) is 0.0330. The second kappa shape index (κ2) is 7.73. The zero-order valence-corrected chi connectivity index (χ0v) is 12.4. The Morgan fingerprint density at radius 2 is 2.10 bits per heavy atom. The number of hydrogen-bond donors (Lipinski definition) is 4. The number of nitrogens with two attached hydrogens (primary N) is 1. The lowest BCUT2D eigenvalue weighted by Gasteiger charge is -2.37. The highest BCUT2D eigenvalue weighted by molar-refractivity contribution is 5.73. The molecule has 0 heterocycles. The van der Waals surface area contributed by atoms with Gasteiger partial charge in [0.15, 0.2) is 6.29 Å². The average Bonchev–Trinajstić information content (AvgIpc) is 2.38. The van der Waals surface area contributed by atoms with Crippen molar-refractivity contribution in [3.05, 3.63) is 11.6 Å². The first-order valence-electron chi connectivity index (χ1n) is 7.13. The van der Waals surface area contributed by atoms with Crippen LogP contribution >= 0.6 is 0 Å². The van der Waals surface area contributed by atoms with Gasteiger partial charge in [-0.1, -0.05) is 13.8 Å². The summed E-state index contributed by atoms with van der Waals surface area (Å²) in [7, 11) is 0. The molecule has 6 heteroatoms. The van der Waals surface area contributed by atoms with Crippen LogP contribution in [-0.4, -0.2) is 46.7 Å². The average molecular weight is 286 g/mol. The van der Waals surface area contributed by atoms with Gasteiger partial charge in [0, 0.05) is 13.0 Å². The van der Waals surface area contributed by atoms with Crippen LogP contribution in [0.25, 0.3) is 0 Å². The third-order valence-corrected chi connectivity index (χ3v) is 3.63. The van der Waals surface area contributed by atoms with Crippen LogP contribution in [0.1, 0.15) is 40.0 Å². The maximum atomic E-state index is 11.3. The van der Waals surface area contributed by atoms with Gasteiger partial charge in [-0.15, -0.1) is 0 Å². The molecule has 0 radical (unpaired) electrons. The van der Waals surface area contributed by atoms with E-state index < -0.39 is 18.4 Å². The van der Waals surface area contributed by atoms with E-state index in [1.807, 2.05) is 13.8 Å². The van der Waals surface area contributed by atoms with Gasteiger partial charge >= 0.3 is 0 Å². The number of ether oxygens (including phenoxy) is 1. The highest BCUT2D eigenvalue weighted by atomic mass is 16.5. The van der Waals surface area contributed by atoms with Gasteiger partial charge in [-0.05, 0) is 30.9 Å². The van der Waals surface area contributed by atoms with E-state index in [9.17, 15) is 15.0 Å². The highest BCUT2D eigenvalue weighted by Crippen LogP contribution is 2.24. The van der Waals surface area contributed by atoms with Crippen LogP contribution in [0.4, 0.5) is 0 Å². The first kappa shape index (κ1) is 17.1. The van der Waals surface area contributed by atoms with Crippen LogP contribution in [-0.2, 0) is 9.53 Å². The molecule has 116 valence electrons. The molecular formula is C14H26N2O4. The lowest BCUT2D eigenvalue weighted by molar-refractivity contribution is -0.121. The van der Waals surface area contributed by atoms with E-state index in [1.165, 1.54) is 6.92 Å². The van der Waals surface area contributed by atoms with Crippen molar-refractivity contribution >= 4 is 5.91 Å². The SMILES string of the molecule is CCC(CC)O[C@@H]1C=C(C(O)O)C[C@H](N)[C@H]1NC(C)=O. The van der Waals surface area contributed by atoms with E-state index in [1.54, 1.807) is 6.08 Å². The Hall–Kier alpha value is -0.950. The van der Waals surface area contributed by atoms with Crippen LogP contribution in [0.15, 0.2) is 11.6 Å². The van der Waals surface area contributed by atoms with E-state index >= 15 is 0 Å². The minimum absolute atomic E-state index is 0.0508. The molecule has 0 bridgehead atoms. The van der Waals surface area contributed by atoms with Gasteiger partial charge < -0.3 is 26.0 Å². The normalized spacial score (nSPS) is 26.8. The fourth-order valence-corrected chi connectivity index (χ4v) is 2.47. The first-order valence-corrected chi connectivity index (χ1v) is 7.13. The quantitative estimate of drug-likeness (QED) is 0.407. The molecule has 0 saturated carbocycles. The molecule has 0 unspecified atom stereocenters. The van der Waals surface area contributed by atoms with Gasteiger partial charge in [0.25, 0.3) is 0 Å². The van der Waals surface area contributed by atoms with Crippen LogP contribution in [0.3, 0.4) is 0 Å². The van der Waals surface area contributed by atoms with E-state index in [-0.39, 0.29) is 18.1 Å². The topological polar surface area (TPSA) is 105 Å². The summed E-state index contributed by atoms with van der Waals surface area (Å²) in [5.74, 6) is -0.176. The summed E-state index contributed by atoms with van der Waals surface area (Å²) >= 11 is 0. The number of carbonyl (C=O) groups is 1. The van der Waals surface area contributed by atoms with E-state index in [4.69, 9.17) is 10.5 Å². The molecule has 1 aliphatic rings. The summed E-state index contributed by atoms with van der Waals surface area (Å²) in [5, 5.41) is 21.4. The van der Waals surface area contributed by atoms with Gasteiger partial charge in [-0.2, -0.15) is 0 Å². The monoisotopic (exact) mass is 286 g/mol. The van der Waals surface area contributed by atoms with Gasteiger partial charge in [0.1, 0.15) is 0 Å². The Kier molecular flexibility index (Phi) is 6.61. The summed E-state index contributed by atoms with van der Waals surface area (Å²) in [5.41, 5.74) is 6.49. The zero-order chi connectivity index (χ0) is 15.3. The number of amides is 1. The maximum absolute atomic E-state index is 11.3. The van der Waals surface area contributed by atoms with E-state index in [0.717, 1.165) is 12.8 Å². The second-order valence-electron chi connectivity index (χ2n) is 5.25. The fourth-order valence-electron chi connectivity index (χ4n) is 2.47. The largest absolute Gasteiger partial charge is 0.369 e. The minimum Gasteiger partial charge on any atom is -0.369 e. The summed E-state index contributed by atoms with van der Waals surface area (Å²) in [4.78, 5) is 11.3. The molecule has 0 aromatic heterocycles. The number of aliphatic hydroxyl groups is 2. The Morgan fingerprint density at radius 1 is 1.50 bits per heavy atom. The molecule has 20 heavy (non-hydrogen) atoms. The van der Waals surface area contributed by atoms with Crippen molar-refractivity contribution in [1.29, 1.82) is 0 Å². The lowest BCUT2D eigenvalue weighted by Crippen LogP contribution is -2.57. The van der Waals surface area contributed by atoms with Crippen molar-refractivity contribution < 1.29 is 19.7 Å². The molecular weight excluding hydrogens is 260 g/mol. The number of aliphatic hydroxyl groups excluding tert-OH is 1. The molecule has 0 fully saturated rings. The molecule has 0 aromatic carbocycles. The molecule has 6 nitrogen and oxygen atoms in total. The minimum atomic E-state index is -1.54. The third kappa shape index (κ3) is 4.56. The molecule has 1 aliphatic carbocycles. The molecule has 3 atom stereocenters. The standard InChI is InChI=1S/C14H26N2O4/c1-4-10(5-2)20-12-7-9(14(18)19)6-11(15)13(12)16-8(3)17/h7,10-14,18-19H,4-6,15H2,1-3H3,(H,16,17)/t11-,12+,13+/m0/s1. The predicted molar refractivity (Wildman–Crippen MR) is 75.7 cm³/mol. The molecule has 0 saturated heterocycles. The maximum Gasteiger partial charge on any atom is 0.217 e. The Labute approximate surface area is 120 Å². The molecule has 1 rings (SSSR count). The molecule has 1 amide bonds. The molecule has 0 spiro atoms. The summed E-state index contributed by atoms with van der Waals surface area (Å²) in [6, 6.07) is -0.754. The Morgan fingerprint density at radius 3 is 2.55 bits per heavy atom. The number of nitrogens with one attached hydrogen (secondary N) is 1. The van der Waals surface area contributed by atoms with Crippen molar-refractivity contribution in [2.24, 2.45) is 5.73 Å². The highest BCUT2D eigenvalue weighted by Gasteiger charge is 2.34. The first-order chi connectivity index (χ1) is 9.38. The van der Waals surface area contributed by atoms with Crippen molar-refractivity contribution in [1.82, 2.24) is 5.32 Å². The summed E-state index contributed by atoms with van der Waals surface area (Å²) in [6.07, 6.45) is 1.77. The molecule has 0 aliphatic heterocycles.